The smallest absolute Gasteiger partial charge is 0.337 e. The first-order chi connectivity index (χ1) is 14.3. The monoisotopic (exact) mass is 431 g/mol. The van der Waals surface area contributed by atoms with Crippen LogP contribution in [0.3, 0.4) is 0 Å². The van der Waals surface area contributed by atoms with Gasteiger partial charge in [-0.2, -0.15) is 4.31 Å². The number of carbonyl (C=O) groups excluding carboxylic acids is 1. The second-order valence-corrected chi connectivity index (χ2v) is 8.43. The van der Waals surface area contributed by atoms with Gasteiger partial charge in [-0.05, 0) is 35.9 Å². The molecule has 0 radical (unpaired) electrons. The van der Waals surface area contributed by atoms with Gasteiger partial charge in [0.25, 0.3) is 5.91 Å². The number of benzene rings is 2. The predicted octanol–water partition coefficient (Wildman–Crippen LogP) is 1.71. The van der Waals surface area contributed by atoms with Gasteiger partial charge >= 0.3 is 5.97 Å². The van der Waals surface area contributed by atoms with Crippen LogP contribution in [0.1, 0.15) is 26.3 Å². The highest BCUT2D eigenvalue weighted by molar-refractivity contribution is 7.89. The SMILES string of the molecule is CN=Cc1ccc(NC(=O)c2cccc(S(=O)(=O)N3CCOCC3)c2)c(C(=O)O)c1. The van der Waals surface area contributed by atoms with E-state index in [0.29, 0.717) is 18.8 Å². The average molecular weight is 431 g/mol. The number of carbonyl (C=O) groups is 2. The number of aliphatic imine (C=N–C) groups is 1. The van der Waals surface area contributed by atoms with Crippen LogP contribution in [0.15, 0.2) is 52.4 Å². The van der Waals surface area contributed by atoms with Gasteiger partial charge in [0.2, 0.25) is 10.0 Å². The maximum atomic E-state index is 12.8. The first-order valence-corrected chi connectivity index (χ1v) is 10.6. The number of carboxylic acids is 1. The van der Waals surface area contributed by atoms with Crippen molar-refractivity contribution in [3.8, 4) is 0 Å². The molecule has 1 amide bonds. The minimum absolute atomic E-state index is 0.00925. The first kappa shape index (κ1) is 21.6. The fourth-order valence-corrected chi connectivity index (χ4v) is 4.46. The van der Waals surface area contributed by atoms with E-state index in [4.69, 9.17) is 4.74 Å². The normalized spacial score (nSPS) is 15.2. The molecule has 9 nitrogen and oxygen atoms in total. The number of anilines is 1. The summed E-state index contributed by atoms with van der Waals surface area (Å²) in [6.45, 7) is 1.12. The van der Waals surface area contributed by atoms with Crippen LogP contribution in [0.25, 0.3) is 0 Å². The fourth-order valence-electron chi connectivity index (χ4n) is 3.01. The summed E-state index contributed by atoms with van der Waals surface area (Å²) in [5.74, 6) is -1.83. The van der Waals surface area contributed by atoms with Crippen molar-refractivity contribution in [1.29, 1.82) is 0 Å². The summed E-state index contributed by atoms with van der Waals surface area (Å²) in [5, 5.41) is 12.0. The predicted molar refractivity (Wildman–Crippen MR) is 111 cm³/mol. The van der Waals surface area contributed by atoms with Gasteiger partial charge < -0.3 is 15.2 Å². The Kier molecular flexibility index (Phi) is 6.60. The third-order valence-corrected chi connectivity index (χ3v) is 6.40. The third kappa shape index (κ3) is 4.73. The summed E-state index contributed by atoms with van der Waals surface area (Å²) >= 11 is 0. The highest BCUT2D eigenvalue weighted by Gasteiger charge is 2.27. The molecule has 0 saturated carbocycles. The molecule has 0 aliphatic carbocycles. The number of rotatable bonds is 6. The Hall–Kier alpha value is -3.08. The molecule has 10 heteroatoms. The lowest BCUT2D eigenvalue weighted by Gasteiger charge is -2.26. The Morgan fingerprint density at radius 3 is 2.57 bits per heavy atom. The molecule has 1 aliphatic heterocycles. The molecule has 0 atom stereocenters. The van der Waals surface area contributed by atoms with Crippen LogP contribution in [0.5, 0.6) is 0 Å². The molecule has 3 rings (SSSR count). The Bertz CT molecular complexity index is 1090. The molecule has 0 aromatic heterocycles. The number of sulfonamides is 1. The molecule has 0 bridgehead atoms. The lowest BCUT2D eigenvalue weighted by atomic mass is 10.1. The number of hydrogen-bond acceptors (Lipinski definition) is 6. The number of nitrogens with one attached hydrogen (secondary N) is 1. The molecule has 30 heavy (non-hydrogen) atoms. The Labute approximate surface area is 174 Å². The van der Waals surface area contributed by atoms with E-state index >= 15 is 0 Å². The third-order valence-electron chi connectivity index (χ3n) is 4.50. The molecule has 2 aromatic carbocycles. The van der Waals surface area contributed by atoms with Crippen molar-refractivity contribution in [2.75, 3.05) is 38.7 Å². The van der Waals surface area contributed by atoms with Crippen LogP contribution in [-0.2, 0) is 14.8 Å². The van der Waals surface area contributed by atoms with E-state index in [1.807, 2.05) is 0 Å². The van der Waals surface area contributed by atoms with Gasteiger partial charge in [0.05, 0.1) is 29.4 Å². The molecular weight excluding hydrogens is 410 g/mol. The van der Waals surface area contributed by atoms with Crippen LogP contribution in [-0.4, -0.2) is 69.3 Å². The Balaban J connectivity index is 1.86. The zero-order valence-corrected chi connectivity index (χ0v) is 17.1. The molecule has 0 unspecified atom stereocenters. The van der Waals surface area contributed by atoms with Gasteiger partial charge in [0, 0.05) is 31.9 Å². The van der Waals surface area contributed by atoms with Crippen LogP contribution in [0, 0.1) is 0 Å². The minimum atomic E-state index is -3.76. The summed E-state index contributed by atoms with van der Waals surface area (Å²) in [5.41, 5.74) is 0.673. The molecule has 1 fully saturated rings. The van der Waals surface area contributed by atoms with Crippen molar-refractivity contribution in [1.82, 2.24) is 4.31 Å². The molecular formula is C20H21N3O6S. The molecule has 1 heterocycles. The molecule has 2 N–H and O–H groups in total. The quantitative estimate of drug-likeness (QED) is 0.671. The number of hydrogen-bond donors (Lipinski definition) is 2. The van der Waals surface area contributed by atoms with Gasteiger partial charge in [-0.25, -0.2) is 13.2 Å². The molecule has 2 aromatic rings. The van der Waals surface area contributed by atoms with Gasteiger partial charge in [-0.15, -0.1) is 0 Å². The highest BCUT2D eigenvalue weighted by atomic mass is 32.2. The molecule has 1 saturated heterocycles. The van der Waals surface area contributed by atoms with Crippen LogP contribution in [0.4, 0.5) is 5.69 Å². The van der Waals surface area contributed by atoms with Crippen molar-refractivity contribution < 1.29 is 27.9 Å². The first-order valence-electron chi connectivity index (χ1n) is 9.12. The van der Waals surface area contributed by atoms with E-state index < -0.39 is 21.9 Å². The van der Waals surface area contributed by atoms with Gasteiger partial charge in [0.1, 0.15) is 0 Å². The lowest BCUT2D eigenvalue weighted by Crippen LogP contribution is -2.40. The second kappa shape index (κ2) is 9.16. The van der Waals surface area contributed by atoms with Crippen molar-refractivity contribution in [2.45, 2.75) is 4.90 Å². The topological polar surface area (TPSA) is 125 Å². The van der Waals surface area contributed by atoms with Crippen molar-refractivity contribution in [3.63, 3.8) is 0 Å². The number of nitrogens with zero attached hydrogens (tertiary/aromatic N) is 2. The van der Waals surface area contributed by atoms with E-state index in [1.54, 1.807) is 13.1 Å². The van der Waals surface area contributed by atoms with Crippen LogP contribution < -0.4 is 5.32 Å². The van der Waals surface area contributed by atoms with Crippen LogP contribution >= 0.6 is 0 Å². The Morgan fingerprint density at radius 2 is 1.90 bits per heavy atom. The number of carboxylic acid groups (broad SMARTS) is 1. The molecule has 0 spiro atoms. The summed E-state index contributed by atoms with van der Waals surface area (Å²) < 4.78 is 32.1. The maximum absolute atomic E-state index is 12.8. The zero-order valence-electron chi connectivity index (χ0n) is 16.2. The van der Waals surface area contributed by atoms with E-state index in [2.05, 4.69) is 10.3 Å². The zero-order chi connectivity index (χ0) is 21.7. The average Bonchev–Trinajstić information content (AvgIpc) is 2.75. The lowest BCUT2D eigenvalue weighted by molar-refractivity contribution is 0.0698. The molecule has 1 aliphatic rings. The maximum Gasteiger partial charge on any atom is 0.337 e. The van der Waals surface area contributed by atoms with Crippen molar-refractivity contribution >= 4 is 33.8 Å². The standard InChI is InChI=1S/C20H21N3O6S/c1-21-13-14-5-6-18(17(11-14)20(25)26)22-19(24)15-3-2-4-16(12-15)30(27,28)23-7-9-29-10-8-23/h2-6,11-13H,7-10H2,1H3,(H,22,24)(H,25,26). The van der Waals surface area contributed by atoms with E-state index in [0.717, 1.165) is 0 Å². The summed E-state index contributed by atoms with van der Waals surface area (Å²) in [7, 11) is -2.20. The number of amides is 1. The number of ether oxygens (including phenoxy) is 1. The van der Waals surface area contributed by atoms with E-state index in [1.165, 1.54) is 46.9 Å². The number of aromatic carboxylic acids is 1. The van der Waals surface area contributed by atoms with Crippen molar-refractivity contribution in [3.05, 3.63) is 59.2 Å². The number of morpholine rings is 1. The summed E-state index contributed by atoms with van der Waals surface area (Å²) in [6, 6.07) is 10.1. The Morgan fingerprint density at radius 1 is 1.17 bits per heavy atom. The van der Waals surface area contributed by atoms with Gasteiger partial charge in [-0.1, -0.05) is 12.1 Å². The minimum Gasteiger partial charge on any atom is -0.478 e. The highest BCUT2D eigenvalue weighted by Crippen LogP contribution is 2.21. The largest absolute Gasteiger partial charge is 0.478 e. The van der Waals surface area contributed by atoms with Gasteiger partial charge in [0.15, 0.2) is 0 Å². The fraction of sp³-hybridized carbons (Fsp3) is 0.250. The second-order valence-electron chi connectivity index (χ2n) is 6.50. The van der Waals surface area contributed by atoms with E-state index in [9.17, 15) is 23.1 Å². The molecule has 158 valence electrons. The van der Waals surface area contributed by atoms with Crippen LogP contribution in [0.2, 0.25) is 0 Å². The summed E-state index contributed by atoms with van der Waals surface area (Å²) in [4.78, 5) is 28.1. The summed E-state index contributed by atoms with van der Waals surface area (Å²) in [6.07, 6.45) is 1.50. The van der Waals surface area contributed by atoms with Gasteiger partial charge in [-0.3, -0.25) is 9.79 Å². The van der Waals surface area contributed by atoms with E-state index in [-0.39, 0.29) is 34.8 Å². The van der Waals surface area contributed by atoms with Crippen molar-refractivity contribution in [2.24, 2.45) is 4.99 Å².